The number of rotatable bonds is 9. The normalized spacial score (nSPS) is 20.1. The van der Waals surface area contributed by atoms with E-state index in [0.29, 0.717) is 32.2 Å². The Morgan fingerprint density at radius 3 is 2.26 bits per heavy atom. The quantitative estimate of drug-likeness (QED) is 0.450. The fourth-order valence-electron chi connectivity index (χ4n) is 3.48. The van der Waals surface area contributed by atoms with E-state index in [4.69, 9.17) is 0 Å². The molecule has 3 N–H and O–H groups in total. The van der Waals surface area contributed by atoms with Crippen molar-refractivity contribution in [2.45, 2.75) is 95.5 Å². The highest BCUT2D eigenvalue weighted by atomic mass is 32.2. The Bertz CT molecular complexity index is 816. The molecule has 31 heavy (non-hydrogen) atoms. The zero-order valence-corrected chi connectivity index (χ0v) is 19.5. The molecule has 0 bridgehead atoms. The first-order valence-electron chi connectivity index (χ1n) is 10.8. The van der Waals surface area contributed by atoms with Crippen LogP contribution >= 0.6 is 0 Å². The van der Waals surface area contributed by atoms with Crippen molar-refractivity contribution in [1.29, 1.82) is 0 Å². The Morgan fingerprint density at radius 1 is 1.06 bits per heavy atom. The van der Waals surface area contributed by atoms with E-state index in [1.807, 2.05) is 25.5 Å². The van der Waals surface area contributed by atoms with Gasteiger partial charge in [-0.3, -0.25) is 23.9 Å². The molecule has 1 saturated heterocycles. The number of hydrogen-bond acceptors (Lipinski definition) is 6. The molecule has 10 nitrogen and oxygen atoms in total. The second-order valence-electron chi connectivity index (χ2n) is 9.22. The molecule has 11 heteroatoms. The van der Waals surface area contributed by atoms with Crippen molar-refractivity contribution in [3.8, 4) is 0 Å². The zero-order chi connectivity index (χ0) is 23.4. The van der Waals surface area contributed by atoms with Gasteiger partial charge < -0.3 is 15.5 Å². The first-order valence-corrected chi connectivity index (χ1v) is 12.3. The number of carbonyl (C=O) groups excluding carboxylic acids is 4. The van der Waals surface area contributed by atoms with Crippen molar-refractivity contribution in [3.05, 3.63) is 0 Å². The summed E-state index contributed by atoms with van der Waals surface area (Å²) >= 11 is 0. The standard InChI is InChI=1S/C20H34N4O6S/c1-5-14(18(27)23-31(29,30)13-8-9-13)21-19(28)15-7-6-12-24(15)17(26)11-10-16(25)22-20(2,3)4/h13-15H,5-12H2,1-4H3,(H,21,28)(H,22,25)(H,23,27). The van der Waals surface area contributed by atoms with Crippen LogP contribution in [0.2, 0.25) is 0 Å². The number of hydrogen-bond donors (Lipinski definition) is 3. The fourth-order valence-corrected chi connectivity index (χ4v) is 4.82. The molecular formula is C20H34N4O6S. The van der Waals surface area contributed by atoms with Crippen LogP contribution in [0.25, 0.3) is 0 Å². The van der Waals surface area contributed by atoms with Crippen LogP contribution in [0.1, 0.15) is 72.6 Å². The summed E-state index contributed by atoms with van der Waals surface area (Å²) in [6.45, 7) is 7.62. The molecule has 2 unspecified atom stereocenters. The van der Waals surface area contributed by atoms with Crippen LogP contribution in [0.3, 0.4) is 0 Å². The van der Waals surface area contributed by atoms with Crippen molar-refractivity contribution in [2.75, 3.05) is 6.54 Å². The highest BCUT2D eigenvalue weighted by molar-refractivity contribution is 7.90. The molecule has 1 aliphatic carbocycles. The van der Waals surface area contributed by atoms with E-state index in [9.17, 15) is 27.6 Å². The molecule has 0 radical (unpaired) electrons. The third kappa shape index (κ3) is 7.48. The van der Waals surface area contributed by atoms with E-state index in [1.54, 1.807) is 6.92 Å². The van der Waals surface area contributed by atoms with Crippen LogP contribution in [0.5, 0.6) is 0 Å². The minimum absolute atomic E-state index is 0.0109. The minimum atomic E-state index is -3.70. The monoisotopic (exact) mass is 458 g/mol. The molecule has 0 aromatic heterocycles. The smallest absolute Gasteiger partial charge is 0.255 e. The Morgan fingerprint density at radius 2 is 1.71 bits per heavy atom. The molecule has 0 aromatic carbocycles. The topological polar surface area (TPSA) is 142 Å². The third-order valence-corrected chi connectivity index (χ3v) is 7.04. The van der Waals surface area contributed by atoms with Gasteiger partial charge in [0.1, 0.15) is 12.1 Å². The van der Waals surface area contributed by atoms with E-state index in [1.165, 1.54) is 4.90 Å². The summed E-state index contributed by atoms with van der Waals surface area (Å²) < 4.78 is 26.0. The molecule has 176 valence electrons. The van der Waals surface area contributed by atoms with Crippen molar-refractivity contribution in [1.82, 2.24) is 20.3 Å². The van der Waals surface area contributed by atoms with E-state index < -0.39 is 39.2 Å². The molecular weight excluding hydrogens is 424 g/mol. The number of likely N-dealkylation sites (tertiary alicyclic amines) is 1. The average molecular weight is 459 g/mol. The SMILES string of the molecule is CCC(NC(=O)C1CCCN1C(=O)CCC(=O)NC(C)(C)C)C(=O)NS(=O)(=O)C1CC1. The molecule has 2 atom stereocenters. The van der Waals surface area contributed by atoms with Gasteiger partial charge in [-0.25, -0.2) is 8.42 Å². The number of nitrogens with one attached hydrogen (secondary N) is 3. The summed E-state index contributed by atoms with van der Waals surface area (Å²) in [7, 11) is -3.70. The maximum atomic E-state index is 12.8. The predicted molar refractivity (Wildman–Crippen MR) is 114 cm³/mol. The number of carbonyl (C=O) groups is 4. The van der Waals surface area contributed by atoms with Gasteiger partial charge in [0.2, 0.25) is 27.7 Å². The van der Waals surface area contributed by atoms with Crippen LogP contribution in [0.15, 0.2) is 0 Å². The van der Waals surface area contributed by atoms with Gasteiger partial charge in [-0.05, 0) is 52.9 Å². The van der Waals surface area contributed by atoms with E-state index in [-0.39, 0.29) is 36.6 Å². The predicted octanol–water partition coefficient (Wildman–Crippen LogP) is 0.176. The molecule has 1 aliphatic heterocycles. The number of nitrogens with zero attached hydrogens (tertiary/aromatic N) is 1. The third-order valence-electron chi connectivity index (χ3n) is 5.20. The second kappa shape index (κ2) is 9.97. The fraction of sp³-hybridized carbons (Fsp3) is 0.800. The lowest BCUT2D eigenvalue weighted by Crippen LogP contribution is -2.54. The first-order chi connectivity index (χ1) is 14.3. The van der Waals surface area contributed by atoms with Gasteiger partial charge in [-0.1, -0.05) is 6.92 Å². The van der Waals surface area contributed by atoms with Crippen molar-refractivity contribution in [2.24, 2.45) is 0 Å². The molecule has 0 spiro atoms. The largest absolute Gasteiger partial charge is 0.351 e. The Hall–Kier alpha value is -2.17. The minimum Gasteiger partial charge on any atom is -0.351 e. The van der Waals surface area contributed by atoms with Crippen LogP contribution in [-0.2, 0) is 29.2 Å². The molecule has 2 rings (SSSR count). The van der Waals surface area contributed by atoms with Crippen LogP contribution in [0.4, 0.5) is 0 Å². The van der Waals surface area contributed by atoms with E-state index >= 15 is 0 Å². The Balaban J connectivity index is 1.91. The maximum Gasteiger partial charge on any atom is 0.255 e. The van der Waals surface area contributed by atoms with Crippen molar-refractivity contribution >= 4 is 33.7 Å². The van der Waals surface area contributed by atoms with Gasteiger partial charge in [-0.2, -0.15) is 0 Å². The highest BCUT2D eigenvalue weighted by Gasteiger charge is 2.39. The Kier molecular flexibility index (Phi) is 8.07. The maximum absolute atomic E-state index is 12.8. The number of sulfonamides is 1. The summed E-state index contributed by atoms with van der Waals surface area (Å²) in [4.78, 5) is 51.1. The van der Waals surface area contributed by atoms with E-state index in [0.717, 1.165) is 0 Å². The average Bonchev–Trinajstić information content (AvgIpc) is 3.40. The molecule has 4 amide bonds. The molecule has 1 heterocycles. The second-order valence-corrected chi connectivity index (χ2v) is 11.2. The molecule has 1 saturated carbocycles. The number of amides is 4. The molecule has 2 fully saturated rings. The van der Waals surface area contributed by atoms with Gasteiger partial charge >= 0.3 is 0 Å². The summed E-state index contributed by atoms with van der Waals surface area (Å²) in [6, 6.07) is -1.74. The van der Waals surface area contributed by atoms with Crippen LogP contribution < -0.4 is 15.4 Å². The van der Waals surface area contributed by atoms with Gasteiger partial charge in [0.25, 0.3) is 5.91 Å². The first kappa shape index (κ1) is 25.1. The summed E-state index contributed by atoms with van der Waals surface area (Å²) in [5.74, 6) is -1.79. The van der Waals surface area contributed by atoms with Crippen molar-refractivity contribution in [3.63, 3.8) is 0 Å². The lowest BCUT2D eigenvalue weighted by Gasteiger charge is -2.26. The molecule has 2 aliphatic rings. The Labute approximate surface area is 183 Å². The summed E-state index contributed by atoms with van der Waals surface area (Å²) in [5, 5.41) is 4.84. The summed E-state index contributed by atoms with van der Waals surface area (Å²) in [6.07, 6.45) is 2.37. The lowest BCUT2D eigenvalue weighted by atomic mass is 10.1. The van der Waals surface area contributed by atoms with Gasteiger partial charge in [0, 0.05) is 24.9 Å². The lowest BCUT2D eigenvalue weighted by molar-refractivity contribution is -0.140. The van der Waals surface area contributed by atoms with Gasteiger partial charge in [-0.15, -0.1) is 0 Å². The van der Waals surface area contributed by atoms with Crippen LogP contribution in [-0.4, -0.2) is 66.4 Å². The molecule has 0 aromatic rings. The summed E-state index contributed by atoms with van der Waals surface area (Å²) in [5.41, 5.74) is -0.390. The van der Waals surface area contributed by atoms with E-state index in [2.05, 4.69) is 10.6 Å². The van der Waals surface area contributed by atoms with Crippen LogP contribution in [0, 0.1) is 0 Å². The van der Waals surface area contributed by atoms with Gasteiger partial charge in [0.15, 0.2) is 0 Å². The van der Waals surface area contributed by atoms with Crippen molar-refractivity contribution < 1.29 is 27.6 Å². The van der Waals surface area contributed by atoms with Gasteiger partial charge in [0.05, 0.1) is 5.25 Å². The highest BCUT2D eigenvalue weighted by Crippen LogP contribution is 2.27. The zero-order valence-electron chi connectivity index (χ0n) is 18.7.